The van der Waals surface area contributed by atoms with E-state index in [1.165, 1.54) is 11.1 Å². The Labute approximate surface area is 86.1 Å². The lowest BCUT2D eigenvalue weighted by Gasteiger charge is -2.10. The third-order valence-corrected chi connectivity index (χ3v) is 2.35. The van der Waals surface area contributed by atoms with Crippen molar-refractivity contribution in [2.45, 2.75) is 25.9 Å². The fourth-order valence-corrected chi connectivity index (χ4v) is 1.49. The van der Waals surface area contributed by atoms with Crippen LogP contribution in [0.1, 0.15) is 18.1 Å². The predicted octanol–water partition coefficient (Wildman–Crippen LogP) is 1.77. The fraction of sp³-hybridized carbons (Fsp3) is 0.500. The smallest absolute Gasteiger partial charge is 0.0583 e. The van der Waals surface area contributed by atoms with Crippen LogP contribution in [-0.4, -0.2) is 19.8 Å². The number of ether oxygens (including phenoxy) is 1. The van der Waals surface area contributed by atoms with Crippen molar-refractivity contribution in [3.05, 3.63) is 35.4 Å². The van der Waals surface area contributed by atoms with E-state index in [9.17, 15) is 0 Å². The van der Waals surface area contributed by atoms with Crippen LogP contribution >= 0.6 is 0 Å². The molecular weight excluding hydrogens is 174 g/mol. The van der Waals surface area contributed by atoms with Crippen molar-refractivity contribution in [1.29, 1.82) is 0 Å². The lowest BCUT2D eigenvalue weighted by Crippen LogP contribution is -2.09. The molecule has 0 amide bonds. The molecule has 1 unspecified atom stereocenters. The Morgan fingerprint density at radius 2 is 2.07 bits per heavy atom. The summed E-state index contributed by atoms with van der Waals surface area (Å²) in [5.41, 5.74) is 8.15. The van der Waals surface area contributed by atoms with Crippen LogP contribution in [-0.2, 0) is 17.6 Å². The van der Waals surface area contributed by atoms with Gasteiger partial charge in [-0.2, -0.15) is 0 Å². The first-order valence-corrected chi connectivity index (χ1v) is 5.07. The molecule has 78 valence electrons. The van der Waals surface area contributed by atoms with E-state index < -0.39 is 0 Å². The minimum Gasteiger partial charge on any atom is -0.381 e. The van der Waals surface area contributed by atoms with Gasteiger partial charge in [0, 0.05) is 7.11 Å². The highest BCUT2D eigenvalue weighted by atomic mass is 16.5. The number of nitrogens with two attached hydrogens (primary N) is 1. The number of hydrogen-bond acceptors (Lipinski definition) is 2. The molecule has 1 aromatic carbocycles. The van der Waals surface area contributed by atoms with E-state index in [0.29, 0.717) is 6.54 Å². The van der Waals surface area contributed by atoms with Gasteiger partial charge >= 0.3 is 0 Å². The van der Waals surface area contributed by atoms with Gasteiger partial charge in [0.25, 0.3) is 0 Å². The van der Waals surface area contributed by atoms with E-state index >= 15 is 0 Å². The first kappa shape index (κ1) is 11.2. The van der Waals surface area contributed by atoms with E-state index in [2.05, 4.69) is 31.2 Å². The number of methoxy groups -OCH3 is 1. The first-order chi connectivity index (χ1) is 6.76. The summed E-state index contributed by atoms with van der Waals surface area (Å²) in [6.45, 7) is 2.79. The third-order valence-electron chi connectivity index (χ3n) is 2.35. The highest BCUT2D eigenvalue weighted by Gasteiger charge is 2.01. The average Bonchev–Trinajstić information content (AvgIpc) is 2.19. The van der Waals surface area contributed by atoms with Gasteiger partial charge < -0.3 is 10.5 Å². The van der Waals surface area contributed by atoms with Crippen LogP contribution in [0.2, 0.25) is 0 Å². The summed E-state index contributed by atoms with van der Waals surface area (Å²) in [5, 5.41) is 0. The summed E-state index contributed by atoms with van der Waals surface area (Å²) in [5.74, 6) is 0. The second kappa shape index (κ2) is 5.78. The van der Waals surface area contributed by atoms with Crippen LogP contribution < -0.4 is 5.73 Å². The molecule has 0 fully saturated rings. The molecule has 2 heteroatoms. The van der Waals surface area contributed by atoms with Gasteiger partial charge in [0.15, 0.2) is 0 Å². The van der Waals surface area contributed by atoms with Crippen LogP contribution in [0.5, 0.6) is 0 Å². The molecule has 2 nitrogen and oxygen atoms in total. The van der Waals surface area contributed by atoms with Crippen LogP contribution in [0, 0.1) is 0 Å². The Balaban J connectivity index is 2.63. The summed E-state index contributed by atoms with van der Waals surface area (Å²) in [7, 11) is 1.74. The maximum Gasteiger partial charge on any atom is 0.0583 e. The van der Waals surface area contributed by atoms with Crippen molar-refractivity contribution in [3.8, 4) is 0 Å². The van der Waals surface area contributed by atoms with E-state index in [-0.39, 0.29) is 6.10 Å². The molecule has 1 atom stereocenters. The fourth-order valence-electron chi connectivity index (χ4n) is 1.49. The Kier molecular flexibility index (Phi) is 4.63. The van der Waals surface area contributed by atoms with Gasteiger partial charge in [0.1, 0.15) is 0 Å². The molecule has 0 aromatic heterocycles. The lowest BCUT2D eigenvalue weighted by atomic mass is 10.0. The lowest BCUT2D eigenvalue weighted by molar-refractivity contribution is 0.119. The molecule has 14 heavy (non-hydrogen) atoms. The Morgan fingerprint density at radius 3 is 2.71 bits per heavy atom. The van der Waals surface area contributed by atoms with Gasteiger partial charge in [0.05, 0.1) is 6.10 Å². The summed E-state index contributed by atoms with van der Waals surface area (Å²) >= 11 is 0. The Bertz CT molecular complexity index is 273. The van der Waals surface area contributed by atoms with Crippen LogP contribution in [0.3, 0.4) is 0 Å². The molecule has 2 N–H and O–H groups in total. The highest BCUT2D eigenvalue weighted by molar-refractivity contribution is 5.24. The predicted molar refractivity (Wildman–Crippen MR) is 59.4 cm³/mol. The molecule has 0 bridgehead atoms. The van der Waals surface area contributed by atoms with Crippen molar-refractivity contribution in [2.75, 3.05) is 13.7 Å². The van der Waals surface area contributed by atoms with Crippen molar-refractivity contribution in [1.82, 2.24) is 0 Å². The van der Waals surface area contributed by atoms with Crippen molar-refractivity contribution >= 4 is 0 Å². The molecular formula is C12H19NO. The maximum atomic E-state index is 5.51. The van der Waals surface area contributed by atoms with E-state index in [1.807, 2.05) is 0 Å². The monoisotopic (exact) mass is 193 g/mol. The summed E-state index contributed by atoms with van der Waals surface area (Å²) in [6, 6.07) is 8.55. The molecule has 0 aliphatic rings. The number of hydrogen-bond donors (Lipinski definition) is 1. The number of benzene rings is 1. The second-order valence-electron chi connectivity index (χ2n) is 3.61. The van der Waals surface area contributed by atoms with Crippen molar-refractivity contribution in [2.24, 2.45) is 5.73 Å². The van der Waals surface area contributed by atoms with Crippen LogP contribution in [0.25, 0.3) is 0 Å². The van der Waals surface area contributed by atoms with Gasteiger partial charge in [-0.1, -0.05) is 24.3 Å². The van der Waals surface area contributed by atoms with Gasteiger partial charge in [0.2, 0.25) is 0 Å². The molecule has 0 spiro atoms. The quantitative estimate of drug-likeness (QED) is 0.773. The summed E-state index contributed by atoms with van der Waals surface area (Å²) < 4.78 is 5.23. The minimum atomic E-state index is 0.281. The molecule has 0 saturated carbocycles. The molecule has 0 saturated heterocycles. The van der Waals surface area contributed by atoms with Gasteiger partial charge in [-0.3, -0.25) is 0 Å². The molecule has 1 rings (SSSR count). The zero-order valence-electron chi connectivity index (χ0n) is 8.99. The molecule has 1 aromatic rings. The third kappa shape index (κ3) is 3.48. The molecule has 0 heterocycles. The first-order valence-electron chi connectivity index (χ1n) is 5.07. The molecule has 0 aliphatic carbocycles. The Hall–Kier alpha value is -0.860. The van der Waals surface area contributed by atoms with Crippen LogP contribution in [0.4, 0.5) is 0 Å². The standard InChI is InChI=1S/C12H19NO/c1-10(14-2)8-12-5-3-4-11(9-12)6-7-13/h3-5,9-10H,6-8,13H2,1-2H3. The van der Waals surface area contributed by atoms with Crippen molar-refractivity contribution in [3.63, 3.8) is 0 Å². The SMILES string of the molecule is COC(C)Cc1cccc(CCN)c1. The average molecular weight is 193 g/mol. The van der Waals surface area contributed by atoms with Gasteiger partial charge in [-0.25, -0.2) is 0 Å². The van der Waals surface area contributed by atoms with E-state index in [4.69, 9.17) is 10.5 Å². The highest BCUT2D eigenvalue weighted by Crippen LogP contribution is 2.09. The van der Waals surface area contributed by atoms with E-state index in [1.54, 1.807) is 7.11 Å². The summed E-state index contributed by atoms with van der Waals surface area (Å²) in [6.07, 6.45) is 2.20. The van der Waals surface area contributed by atoms with Gasteiger partial charge in [-0.15, -0.1) is 0 Å². The minimum absolute atomic E-state index is 0.281. The maximum absolute atomic E-state index is 5.51. The Morgan fingerprint density at radius 1 is 1.36 bits per heavy atom. The van der Waals surface area contributed by atoms with Crippen molar-refractivity contribution < 1.29 is 4.74 Å². The second-order valence-corrected chi connectivity index (χ2v) is 3.61. The molecule has 0 aliphatic heterocycles. The van der Waals surface area contributed by atoms with Gasteiger partial charge in [-0.05, 0) is 37.4 Å². The molecule has 0 radical (unpaired) electrons. The zero-order chi connectivity index (χ0) is 10.4. The van der Waals surface area contributed by atoms with Crippen LogP contribution in [0.15, 0.2) is 24.3 Å². The topological polar surface area (TPSA) is 35.2 Å². The summed E-state index contributed by atoms with van der Waals surface area (Å²) in [4.78, 5) is 0. The zero-order valence-corrected chi connectivity index (χ0v) is 8.99. The largest absolute Gasteiger partial charge is 0.381 e. The normalized spacial score (nSPS) is 12.8. The number of rotatable bonds is 5. The van der Waals surface area contributed by atoms with E-state index in [0.717, 1.165) is 12.8 Å².